The summed E-state index contributed by atoms with van der Waals surface area (Å²) in [7, 11) is -0.302. The number of aliphatic hydroxyl groups is 1. The van der Waals surface area contributed by atoms with E-state index in [2.05, 4.69) is 56.9 Å². The summed E-state index contributed by atoms with van der Waals surface area (Å²) in [4.78, 5) is 2.24. The number of rotatable bonds is 3. The van der Waals surface area contributed by atoms with Gasteiger partial charge in [0, 0.05) is 19.6 Å². The Balaban J connectivity index is 1.63. The van der Waals surface area contributed by atoms with Gasteiger partial charge in [0.05, 0.1) is 16.8 Å². The van der Waals surface area contributed by atoms with E-state index in [1.165, 1.54) is 5.56 Å². The zero-order valence-electron chi connectivity index (χ0n) is 14.2. The van der Waals surface area contributed by atoms with Crippen LogP contribution in [0, 0.1) is 0 Å². The molecule has 0 saturated carbocycles. The van der Waals surface area contributed by atoms with Gasteiger partial charge in [-0.1, -0.05) is 24.3 Å². The van der Waals surface area contributed by atoms with E-state index in [4.69, 9.17) is 9.31 Å². The molecule has 2 fully saturated rings. The predicted octanol–water partition coefficient (Wildman–Crippen LogP) is 1.55. The summed E-state index contributed by atoms with van der Waals surface area (Å²) in [6, 6.07) is 8.39. The molecule has 120 valence electrons. The molecule has 1 aromatic carbocycles. The van der Waals surface area contributed by atoms with Crippen molar-refractivity contribution in [1.82, 2.24) is 4.90 Å². The zero-order valence-corrected chi connectivity index (χ0v) is 14.2. The number of hydrogen-bond acceptors (Lipinski definition) is 4. The van der Waals surface area contributed by atoms with Crippen LogP contribution in [0.5, 0.6) is 0 Å². The molecule has 0 amide bonds. The van der Waals surface area contributed by atoms with Crippen LogP contribution in [0.1, 0.15) is 40.2 Å². The van der Waals surface area contributed by atoms with Gasteiger partial charge >= 0.3 is 7.12 Å². The van der Waals surface area contributed by atoms with Crippen molar-refractivity contribution < 1.29 is 14.4 Å². The van der Waals surface area contributed by atoms with Crippen LogP contribution >= 0.6 is 0 Å². The van der Waals surface area contributed by atoms with Crippen LogP contribution in [-0.2, 0) is 15.9 Å². The fraction of sp³-hybridized carbons (Fsp3) is 0.647. The molecule has 0 unspecified atom stereocenters. The Morgan fingerprint density at radius 2 is 1.50 bits per heavy atom. The highest BCUT2D eigenvalue weighted by Crippen LogP contribution is 2.36. The SMILES string of the molecule is CC1(O)CN(Cc2ccc(B3OC(C)(C)C(C)(C)O3)cc2)C1. The third-order valence-corrected chi connectivity index (χ3v) is 5.04. The molecule has 0 atom stereocenters. The third kappa shape index (κ3) is 2.95. The minimum atomic E-state index is -0.511. The average Bonchev–Trinajstić information content (AvgIpc) is 2.57. The van der Waals surface area contributed by atoms with Gasteiger partial charge in [-0.25, -0.2) is 0 Å². The first-order valence-corrected chi connectivity index (χ1v) is 7.97. The van der Waals surface area contributed by atoms with E-state index in [-0.39, 0.29) is 18.3 Å². The molecule has 5 heteroatoms. The van der Waals surface area contributed by atoms with E-state index >= 15 is 0 Å². The molecule has 0 aliphatic carbocycles. The predicted molar refractivity (Wildman–Crippen MR) is 88.1 cm³/mol. The van der Waals surface area contributed by atoms with Crippen LogP contribution in [0.25, 0.3) is 0 Å². The highest BCUT2D eigenvalue weighted by atomic mass is 16.7. The molecule has 22 heavy (non-hydrogen) atoms. The maximum absolute atomic E-state index is 9.77. The Hall–Kier alpha value is -0.875. The van der Waals surface area contributed by atoms with Gasteiger partial charge in [0.1, 0.15) is 0 Å². The summed E-state index contributed by atoms with van der Waals surface area (Å²) in [5, 5.41) is 9.77. The summed E-state index contributed by atoms with van der Waals surface area (Å²) in [6.07, 6.45) is 0. The molecule has 0 radical (unpaired) electrons. The summed E-state index contributed by atoms with van der Waals surface area (Å²) >= 11 is 0. The highest BCUT2D eigenvalue weighted by Gasteiger charge is 2.51. The maximum atomic E-state index is 9.77. The molecule has 0 aromatic heterocycles. The van der Waals surface area contributed by atoms with Crippen LogP contribution in [0.4, 0.5) is 0 Å². The standard InChI is InChI=1S/C17H26BNO3/c1-15(2)16(3,4)22-18(21-15)14-8-6-13(7-9-14)10-19-11-17(5,20)12-19/h6-9,20H,10-12H2,1-5H3. The molecule has 2 heterocycles. The Morgan fingerprint density at radius 3 is 1.95 bits per heavy atom. The monoisotopic (exact) mass is 303 g/mol. The van der Waals surface area contributed by atoms with Gasteiger partial charge in [-0.3, -0.25) is 4.90 Å². The minimum absolute atomic E-state index is 0.302. The van der Waals surface area contributed by atoms with E-state index in [0.29, 0.717) is 0 Å². The number of nitrogens with zero attached hydrogens (tertiary/aromatic N) is 1. The largest absolute Gasteiger partial charge is 0.494 e. The maximum Gasteiger partial charge on any atom is 0.494 e. The molecule has 0 spiro atoms. The van der Waals surface area contributed by atoms with Crippen LogP contribution in [-0.4, -0.2) is 47.0 Å². The summed E-state index contributed by atoms with van der Waals surface area (Å²) in [5.74, 6) is 0. The first-order valence-electron chi connectivity index (χ1n) is 7.97. The van der Waals surface area contributed by atoms with E-state index in [1.807, 2.05) is 6.92 Å². The number of likely N-dealkylation sites (tertiary alicyclic amines) is 1. The smallest absolute Gasteiger partial charge is 0.399 e. The Bertz CT molecular complexity index is 530. The lowest BCUT2D eigenvalue weighted by Gasteiger charge is -2.44. The second-order valence-corrected chi connectivity index (χ2v) is 7.97. The summed E-state index contributed by atoms with van der Waals surface area (Å²) in [5.41, 5.74) is 1.18. The molecular formula is C17H26BNO3. The lowest BCUT2D eigenvalue weighted by Crippen LogP contribution is -2.59. The van der Waals surface area contributed by atoms with Crippen molar-refractivity contribution in [3.63, 3.8) is 0 Å². The number of benzene rings is 1. The van der Waals surface area contributed by atoms with Gasteiger partial charge in [-0.15, -0.1) is 0 Å². The molecule has 4 nitrogen and oxygen atoms in total. The van der Waals surface area contributed by atoms with Crippen molar-refractivity contribution in [2.75, 3.05) is 13.1 Å². The first-order chi connectivity index (χ1) is 10.1. The van der Waals surface area contributed by atoms with Crippen molar-refractivity contribution in [3.05, 3.63) is 29.8 Å². The lowest BCUT2D eigenvalue weighted by molar-refractivity contribution is -0.0871. The number of hydrogen-bond donors (Lipinski definition) is 1. The molecule has 2 aliphatic rings. The number of β-amino-alcohol motifs (C(OH)–C–C–N with tert-alkyl or cyclic N) is 1. The normalized spacial score (nSPS) is 26.0. The van der Waals surface area contributed by atoms with E-state index in [0.717, 1.165) is 25.1 Å². The first kappa shape index (κ1) is 16.0. The van der Waals surface area contributed by atoms with Gasteiger partial charge in [0.25, 0.3) is 0 Å². The van der Waals surface area contributed by atoms with Crippen LogP contribution in [0.15, 0.2) is 24.3 Å². The molecule has 1 aromatic rings. The Labute approximate surface area is 133 Å². The van der Waals surface area contributed by atoms with Crippen molar-refractivity contribution >= 4 is 12.6 Å². The quantitative estimate of drug-likeness (QED) is 0.860. The van der Waals surface area contributed by atoms with Gasteiger partial charge in [-0.2, -0.15) is 0 Å². The Kier molecular flexibility index (Phi) is 3.68. The average molecular weight is 303 g/mol. The van der Waals surface area contributed by atoms with E-state index in [9.17, 15) is 5.11 Å². The second kappa shape index (κ2) is 5.06. The molecule has 2 aliphatic heterocycles. The van der Waals surface area contributed by atoms with Crippen LogP contribution in [0.2, 0.25) is 0 Å². The topological polar surface area (TPSA) is 41.9 Å². The van der Waals surface area contributed by atoms with E-state index in [1.54, 1.807) is 0 Å². The van der Waals surface area contributed by atoms with Gasteiger partial charge in [-0.05, 0) is 45.6 Å². The molecule has 3 rings (SSSR count). The van der Waals surface area contributed by atoms with Crippen molar-refractivity contribution in [2.24, 2.45) is 0 Å². The molecular weight excluding hydrogens is 277 g/mol. The van der Waals surface area contributed by atoms with Gasteiger partial charge in [0.2, 0.25) is 0 Å². The molecule has 1 N–H and O–H groups in total. The van der Waals surface area contributed by atoms with Crippen LogP contribution in [0.3, 0.4) is 0 Å². The third-order valence-electron chi connectivity index (χ3n) is 5.04. The van der Waals surface area contributed by atoms with E-state index < -0.39 is 5.60 Å². The van der Waals surface area contributed by atoms with Crippen molar-refractivity contribution in [3.8, 4) is 0 Å². The molecule has 0 bridgehead atoms. The fourth-order valence-corrected chi connectivity index (χ4v) is 3.05. The van der Waals surface area contributed by atoms with Crippen molar-refractivity contribution in [2.45, 2.75) is 58.0 Å². The Morgan fingerprint density at radius 1 is 1.00 bits per heavy atom. The fourth-order valence-electron chi connectivity index (χ4n) is 3.05. The van der Waals surface area contributed by atoms with Gasteiger partial charge in [0.15, 0.2) is 0 Å². The second-order valence-electron chi connectivity index (χ2n) is 7.97. The van der Waals surface area contributed by atoms with Crippen LogP contribution < -0.4 is 5.46 Å². The van der Waals surface area contributed by atoms with Gasteiger partial charge < -0.3 is 14.4 Å². The minimum Gasteiger partial charge on any atom is -0.399 e. The summed E-state index contributed by atoms with van der Waals surface area (Å²) < 4.78 is 12.1. The summed E-state index contributed by atoms with van der Waals surface area (Å²) in [6.45, 7) is 12.5. The van der Waals surface area contributed by atoms with Crippen molar-refractivity contribution in [1.29, 1.82) is 0 Å². The highest BCUT2D eigenvalue weighted by molar-refractivity contribution is 6.62. The lowest BCUT2D eigenvalue weighted by atomic mass is 9.79. The zero-order chi connectivity index (χ0) is 16.2. The molecule has 2 saturated heterocycles.